The second-order valence-electron chi connectivity index (χ2n) is 5.25. The van der Waals surface area contributed by atoms with Gasteiger partial charge in [-0.2, -0.15) is 0 Å². The van der Waals surface area contributed by atoms with Gasteiger partial charge in [-0.3, -0.25) is 0 Å². The van der Waals surface area contributed by atoms with Gasteiger partial charge in [0.2, 0.25) is 0 Å². The lowest BCUT2D eigenvalue weighted by Gasteiger charge is -2.25. The Hall–Kier alpha value is -3.06. The normalized spacial score (nSPS) is 13.4. The molecule has 0 unspecified atom stereocenters. The zero-order valence-corrected chi connectivity index (χ0v) is 15.0. The topological polar surface area (TPSA) is 77.1 Å². The first-order valence-electron chi connectivity index (χ1n) is 8.00. The minimum absolute atomic E-state index is 0.0744. The van der Waals surface area contributed by atoms with Gasteiger partial charge in [-0.25, -0.2) is 9.59 Å². The lowest BCUT2D eigenvalue weighted by atomic mass is 10.1. The van der Waals surface area contributed by atoms with E-state index in [9.17, 15) is 9.59 Å². The molecule has 0 atom stereocenters. The van der Waals surface area contributed by atoms with Crippen molar-refractivity contribution in [2.24, 2.45) is 0 Å². The molecule has 1 N–H and O–H groups in total. The smallest absolute Gasteiger partial charge is 0.355 e. The van der Waals surface area contributed by atoms with Crippen molar-refractivity contribution in [3.05, 3.63) is 60.0 Å². The second-order valence-corrected chi connectivity index (χ2v) is 5.25. The number of ether oxygens (including phenoxy) is 3. The van der Waals surface area contributed by atoms with E-state index in [0.717, 1.165) is 5.69 Å². The van der Waals surface area contributed by atoms with Crippen molar-refractivity contribution in [1.82, 2.24) is 0 Å². The van der Waals surface area contributed by atoms with Gasteiger partial charge in [-0.05, 0) is 24.3 Å². The number of nitrogens with one attached hydrogen (secondary N) is 1. The van der Waals surface area contributed by atoms with Crippen molar-refractivity contribution in [1.29, 1.82) is 0 Å². The average Bonchev–Trinajstić information content (AvgIpc) is 2.90. The lowest BCUT2D eigenvalue weighted by Crippen LogP contribution is -2.27. The maximum Gasteiger partial charge on any atom is 0.355 e. The molecule has 0 aliphatic carbocycles. The summed E-state index contributed by atoms with van der Waals surface area (Å²) in [6.45, 7) is 1.11. The number of hydrogen-bond acceptors (Lipinski definition) is 7. The van der Waals surface area contributed by atoms with E-state index >= 15 is 0 Å². The van der Waals surface area contributed by atoms with Crippen molar-refractivity contribution >= 4 is 23.3 Å². The van der Waals surface area contributed by atoms with Crippen LogP contribution in [-0.2, 0) is 23.8 Å². The Balaban J connectivity index is 2.55. The highest BCUT2D eigenvalue weighted by Crippen LogP contribution is 2.32. The molecule has 0 amide bonds. The van der Waals surface area contributed by atoms with Crippen molar-refractivity contribution in [2.75, 3.05) is 44.7 Å². The van der Waals surface area contributed by atoms with Gasteiger partial charge in [0.05, 0.1) is 37.8 Å². The van der Waals surface area contributed by atoms with Crippen LogP contribution in [0.5, 0.6) is 0 Å². The number of carbonyl (C=O) groups excluding carboxylic acids is 2. The molecule has 2 rings (SSSR count). The van der Waals surface area contributed by atoms with E-state index in [1.807, 2.05) is 24.3 Å². The highest BCUT2D eigenvalue weighted by molar-refractivity contribution is 6.06. The molecule has 26 heavy (non-hydrogen) atoms. The van der Waals surface area contributed by atoms with E-state index in [2.05, 4.69) is 5.32 Å². The molecule has 0 spiro atoms. The van der Waals surface area contributed by atoms with E-state index in [1.54, 1.807) is 30.4 Å². The summed E-state index contributed by atoms with van der Waals surface area (Å²) in [5.41, 5.74) is 1.65. The zero-order chi connectivity index (χ0) is 18.9. The van der Waals surface area contributed by atoms with Crippen LogP contribution in [0.4, 0.5) is 11.4 Å². The van der Waals surface area contributed by atoms with Gasteiger partial charge in [0.15, 0.2) is 0 Å². The van der Waals surface area contributed by atoms with Gasteiger partial charge >= 0.3 is 11.9 Å². The van der Waals surface area contributed by atoms with Crippen LogP contribution in [0.25, 0.3) is 0 Å². The highest BCUT2D eigenvalue weighted by Gasteiger charge is 2.28. The Morgan fingerprint density at radius 1 is 1.04 bits per heavy atom. The van der Waals surface area contributed by atoms with Crippen LogP contribution in [0.1, 0.15) is 0 Å². The number of esters is 2. The molecule has 1 aliphatic rings. The van der Waals surface area contributed by atoms with Crippen LogP contribution < -0.4 is 10.2 Å². The van der Waals surface area contributed by atoms with E-state index in [-0.39, 0.29) is 11.3 Å². The summed E-state index contributed by atoms with van der Waals surface area (Å²) in [4.78, 5) is 26.3. The average molecular weight is 358 g/mol. The molecular formula is C19H22N2O5. The third-order valence-corrected chi connectivity index (χ3v) is 3.67. The molecule has 138 valence electrons. The van der Waals surface area contributed by atoms with Crippen LogP contribution in [-0.4, -0.2) is 46.4 Å². The van der Waals surface area contributed by atoms with Crippen molar-refractivity contribution in [3.63, 3.8) is 0 Å². The molecule has 1 aromatic carbocycles. The summed E-state index contributed by atoms with van der Waals surface area (Å²) in [6, 6.07) is 7.43. The number of benzene rings is 1. The van der Waals surface area contributed by atoms with Gasteiger partial charge in [0, 0.05) is 19.9 Å². The molecule has 1 aliphatic heterocycles. The largest absolute Gasteiger partial charge is 0.465 e. The molecule has 0 radical (unpaired) electrons. The minimum atomic E-state index is -0.645. The fraction of sp³-hybridized carbons (Fsp3) is 0.263. The van der Waals surface area contributed by atoms with Gasteiger partial charge in [0.25, 0.3) is 0 Å². The number of anilines is 2. The first-order valence-corrected chi connectivity index (χ1v) is 8.00. The summed E-state index contributed by atoms with van der Waals surface area (Å²) in [5.74, 6) is -1.27. The third-order valence-electron chi connectivity index (χ3n) is 3.67. The monoisotopic (exact) mass is 358 g/mol. The highest BCUT2D eigenvalue weighted by atomic mass is 16.5. The van der Waals surface area contributed by atoms with Crippen LogP contribution >= 0.6 is 0 Å². The maximum atomic E-state index is 12.5. The van der Waals surface area contributed by atoms with E-state index in [0.29, 0.717) is 18.8 Å². The zero-order valence-electron chi connectivity index (χ0n) is 15.0. The fourth-order valence-corrected chi connectivity index (χ4v) is 2.47. The Kier molecular flexibility index (Phi) is 6.99. The second kappa shape index (κ2) is 9.43. The van der Waals surface area contributed by atoms with Crippen LogP contribution in [0, 0.1) is 0 Å². The summed E-state index contributed by atoms with van der Waals surface area (Å²) >= 11 is 0. The first kappa shape index (κ1) is 19.3. The predicted octanol–water partition coefficient (Wildman–Crippen LogP) is 2.23. The Labute approximate surface area is 152 Å². The molecule has 0 bridgehead atoms. The van der Waals surface area contributed by atoms with Crippen molar-refractivity contribution < 1.29 is 23.8 Å². The fourth-order valence-electron chi connectivity index (χ4n) is 2.47. The molecule has 0 saturated carbocycles. The number of methoxy groups -OCH3 is 3. The number of para-hydroxylation sites is 2. The lowest BCUT2D eigenvalue weighted by molar-refractivity contribution is -0.139. The molecule has 7 nitrogen and oxygen atoms in total. The molecular weight excluding hydrogens is 336 g/mol. The van der Waals surface area contributed by atoms with E-state index < -0.39 is 11.9 Å². The number of hydrogen-bond donors (Lipinski definition) is 1. The Morgan fingerprint density at radius 2 is 1.77 bits per heavy atom. The van der Waals surface area contributed by atoms with Crippen LogP contribution in [0.15, 0.2) is 60.0 Å². The number of allylic oxidation sites excluding steroid dienone is 2. The molecule has 0 fully saturated rings. The van der Waals surface area contributed by atoms with Gasteiger partial charge in [0.1, 0.15) is 5.70 Å². The molecule has 0 aromatic heterocycles. The van der Waals surface area contributed by atoms with Crippen LogP contribution in [0.2, 0.25) is 0 Å². The van der Waals surface area contributed by atoms with Gasteiger partial charge < -0.3 is 24.4 Å². The quantitative estimate of drug-likeness (QED) is 0.592. The maximum absolute atomic E-state index is 12.5. The van der Waals surface area contributed by atoms with Gasteiger partial charge in [-0.1, -0.05) is 18.2 Å². The number of carbonyl (C=O) groups is 2. The summed E-state index contributed by atoms with van der Waals surface area (Å²) in [6.07, 6.45) is 6.60. The summed E-state index contributed by atoms with van der Waals surface area (Å²) < 4.78 is 14.8. The molecule has 1 aromatic rings. The number of nitrogens with zero attached hydrogens (tertiary/aromatic N) is 1. The van der Waals surface area contributed by atoms with E-state index in [1.165, 1.54) is 20.3 Å². The molecule has 0 saturated heterocycles. The molecule has 1 heterocycles. The summed E-state index contributed by atoms with van der Waals surface area (Å²) in [7, 11) is 4.15. The van der Waals surface area contributed by atoms with Gasteiger partial charge in [-0.15, -0.1) is 0 Å². The minimum Gasteiger partial charge on any atom is -0.465 e. The summed E-state index contributed by atoms with van der Waals surface area (Å²) in [5, 5.41) is 3.26. The SMILES string of the molecule is COCCNc1ccccc1N1C=CC=CC(C(=O)OC)=C1C(=O)OC. The van der Waals surface area contributed by atoms with Crippen molar-refractivity contribution in [3.8, 4) is 0 Å². The van der Waals surface area contributed by atoms with Crippen LogP contribution in [0.3, 0.4) is 0 Å². The Morgan fingerprint density at radius 3 is 2.46 bits per heavy atom. The predicted molar refractivity (Wildman–Crippen MR) is 98.6 cm³/mol. The standard InChI is InChI=1S/C19H22N2O5/c1-24-13-11-20-15-9-4-5-10-16(15)21-12-7-6-8-14(18(22)25-2)17(21)19(23)26-3/h4-10,12,20H,11,13H2,1-3H3. The molecule has 7 heteroatoms. The Bertz CT molecular complexity index is 752. The van der Waals surface area contributed by atoms with E-state index in [4.69, 9.17) is 14.2 Å². The third kappa shape index (κ3) is 4.31. The van der Waals surface area contributed by atoms with Crippen molar-refractivity contribution in [2.45, 2.75) is 0 Å². The number of rotatable bonds is 7. The first-order chi connectivity index (χ1) is 12.6.